The Morgan fingerprint density at radius 3 is 2.80 bits per heavy atom. The van der Waals surface area contributed by atoms with E-state index in [0.717, 1.165) is 5.56 Å². The highest BCUT2D eigenvalue weighted by Crippen LogP contribution is 2.16. The van der Waals surface area contributed by atoms with Crippen molar-refractivity contribution in [3.8, 4) is 0 Å². The molecule has 1 aliphatic rings. The van der Waals surface area contributed by atoms with Crippen molar-refractivity contribution in [2.24, 2.45) is 5.73 Å². The first kappa shape index (κ1) is 14.5. The molecule has 0 bridgehead atoms. The van der Waals surface area contributed by atoms with Gasteiger partial charge >= 0.3 is 0 Å². The zero-order chi connectivity index (χ0) is 14.7. The Labute approximate surface area is 117 Å². The fourth-order valence-electron chi connectivity index (χ4n) is 2.27. The van der Waals surface area contributed by atoms with E-state index >= 15 is 0 Å². The number of nitrogens with one attached hydrogen (secondary N) is 2. The molecule has 0 aliphatic carbocycles. The van der Waals surface area contributed by atoms with E-state index < -0.39 is 5.91 Å². The Kier molecular flexibility index (Phi) is 4.36. The number of aryl methyl sites for hydroxylation is 1. The largest absolute Gasteiger partial charge is 0.375 e. The van der Waals surface area contributed by atoms with Gasteiger partial charge in [-0.2, -0.15) is 0 Å². The van der Waals surface area contributed by atoms with E-state index in [9.17, 15) is 9.59 Å². The summed E-state index contributed by atoms with van der Waals surface area (Å²) >= 11 is 0. The summed E-state index contributed by atoms with van der Waals surface area (Å²) in [6.07, 6.45) is -0.172. The second kappa shape index (κ2) is 6.02. The molecule has 20 heavy (non-hydrogen) atoms. The molecule has 1 aromatic carbocycles. The molecule has 1 aromatic rings. The molecule has 2 amide bonds. The number of carbonyl (C=O) groups is 2. The summed E-state index contributed by atoms with van der Waals surface area (Å²) in [5.41, 5.74) is 7.07. The molecule has 1 saturated heterocycles. The van der Waals surface area contributed by atoms with Crippen molar-refractivity contribution in [2.75, 3.05) is 18.5 Å². The Morgan fingerprint density at radius 2 is 2.20 bits per heavy atom. The topological polar surface area (TPSA) is 93.4 Å². The van der Waals surface area contributed by atoms with E-state index in [1.54, 1.807) is 25.1 Å². The van der Waals surface area contributed by atoms with Crippen molar-refractivity contribution in [1.29, 1.82) is 0 Å². The van der Waals surface area contributed by atoms with Crippen molar-refractivity contribution < 1.29 is 14.3 Å². The minimum atomic E-state index is -0.476. The van der Waals surface area contributed by atoms with Crippen LogP contribution in [0.2, 0.25) is 0 Å². The summed E-state index contributed by atoms with van der Waals surface area (Å²) in [4.78, 5) is 23.3. The van der Waals surface area contributed by atoms with Crippen LogP contribution < -0.4 is 16.4 Å². The summed E-state index contributed by atoms with van der Waals surface area (Å²) in [7, 11) is 0. The number of carbonyl (C=O) groups excluding carboxylic acids is 2. The van der Waals surface area contributed by atoms with Gasteiger partial charge in [0.15, 0.2) is 0 Å². The van der Waals surface area contributed by atoms with Gasteiger partial charge in [0.25, 0.3) is 0 Å². The SMILES string of the molecule is Cc1cc(NC(=O)[C@H]2NCCO[C@@H]2C)ccc1C(N)=O. The number of anilines is 1. The summed E-state index contributed by atoms with van der Waals surface area (Å²) in [5, 5.41) is 5.94. The monoisotopic (exact) mass is 277 g/mol. The third kappa shape index (κ3) is 3.15. The van der Waals surface area contributed by atoms with E-state index in [2.05, 4.69) is 10.6 Å². The molecule has 1 heterocycles. The van der Waals surface area contributed by atoms with E-state index in [0.29, 0.717) is 24.4 Å². The lowest BCUT2D eigenvalue weighted by molar-refractivity contribution is -0.123. The summed E-state index contributed by atoms with van der Waals surface area (Å²) < 4.78 is 5.44. The molecule has 2 rings (SSSR count). The summed E-state index contributed by atoms with van der Waals surface area (Å²) in [6, 6.07) is 4.63. The van der Waals surface area contributed by atoms with Crippen LogP contribution in [-0.2, 0) is 9.53 Å². The lowest BCUT2D eigenvalue weighted by Gasteiger charge is -2.29. The van der Waals surface area contributed by atoms with Gasteiger partial charge in [0.2, 0.25) is 11.8 Å². The minimum Gasteiger partial charge on any atom is -0.375 e. The van der Waals surface area contributed by atoms with Gasteiger partial charge in [-0.3, -0.25) is 9.59 Å². The van der Waals surface area contributed by atoms with Crippen molar-refractivity contribution in [3.05, 3.63) is 29.3 Å². The molecule has 0 radical (unpaired) electrons. The van der Waals surface area contributed by atoms with Crippen LogP contribution in [-0.4, -0.2) is 37.1 Å². The van der Waals surface area contributed by atoms with Crippen LogP contribution in [0.3, 0.4) is 0 Å². The van der Waals surface area contributed by atoms with E-state index in [1.165, 1.54) is 0 Å². The number of rotatable bonds is 3. The van der Waals surface area contributed by atoms with Gasteiger partial charge in [-0.05, 0) is 37.6 Å². The third-order valence-corrected chi connectivity index (χ3v) is 3.36. The smallest absolute Gasteiger partial charge is 0.248 e. The highest BCUT2D eigenvalue weighted by molar-refractivity contribution is 5.97. The third-order valence-electron chi connectivity index (χ3n) is 3.36. The molecule has 1 fully saturated rings. The number of benzene rings is 1. The normalized spacial score (nSPS) is 22.3. The van der Waals surface area contributed by atoms with Crippen LogP contribution in [0, 0.1) is 6.92 Å². The molecule has 0 aromatic heterocycles. The fraction of sp³-hybridized carbons (Fsp3) is 0.429. The average molecular weight is 277 g/mol. The highest BCUT2D eigenvalue weighted by Gasteiger charge is 2.28. The van der Waals surface area contributed by atoms with E-state index in [4.69, 9.17) is 10.5 Å². The van der Waals surface area contributed by atoms with Gasteiger partial charge in [0.1, 0.15) is 6.04 Å². The van der Waals surface area contributed by atoms with Crippen molar-refractivity contribution in [3.63, 3.8) is 0 Å². The predicted molar refractivity (Wildman–Crippen MR) is 75.5 cm³/mol. The summed E-state index contributed by atoms with van der Waals surface area (Å²) in [6.45, 7) is 4.90. The van der Waals surface area contributed by atoms with E-state index in [1.807, 2.05) is 6.92 Å². The fourth-order valence-corrected chi connectivity index (χ4v) is 2.27. The summed E-state index contributed by atoms with van der Waals surface area (Å²) in [5.74, 6) is -0.625. The Morgan fingerprint density at radius 1 is 1.45 bits per heavy atom. The molecular formula is C14H19N3O3. The standard InChI is InChI=1S/C14H19N3O3/c1-8-7-10(3-4-11(8)13(15)18)17-14(19)12-9(2)20-6-5-16-12/h3-4,7,9,12,16H,5-6H2,1-2H3,(H2,15,18)(H,17,19)/t9-,12+/m1/s1. The van der Waals surface area contributed by atoms with E-state index in [-0.39, 0.29) is 18.1 Å². The maximum atomic E-state index is 12.2. The maximum absolute atomic E-state index is 12.2. The van der Waals surface area contributed by atoms with Crippen LogP contribution >= 0.6 is 0 Å². The zero-order valence-corrected chi connectivity index (χ0v) is 11.6. The van der Waals surface area contributed by atoms with Gasteiger partial charge in [-0.15, -0.1) is 0 Å². The highest BCUT2D eigenvalue weighted by atomic mass is 16.5. The Balaban J connectivity index is 2.08. The molecule has 6 nitrogen and oxygen atoms in total. The quantitative estimate of drug-likeness (QED) is 0.746. The number of nitrogens with two attached hydrogens (primary N) is 1. The van der Waals surface area contributed by atoms with Crippen LogP contribution in [0.4, 0.5) is 5.69 Å². The van der Waals surface area contributed by atoms with Gasteiger partial charge in [-0.25, -0.2) is 0 Å². The number of primary amides is 1. The molecule has 108 valence electrons. The molecule has 6 heteroatoms. The second-order valence-electron chi connectivity index (χ2n) is 4.89. The predicted octanol–water partition coefficient (Wildman–Crippen LogP) is 0.409. The van der Waals surface area contributed by atoms with Crippen LogP contribution in [0.5, 0.6) is 0 Å². The average Bonchev–Trinajstić information content (AvgIpc) is 2.38. The van der Waals surface area contributed by atoms with Gasteiger partial charge < -0.3 is 21.1 Å². The molecule has 2 atom stereocenters. The molecular weight excluding hydrogens is 258 g/mol. The number of hydrogen-bond donors (Lipinski definition) is 3. The Bertz CT molecular complexity index is 530. The van der Waals surface area contributed by atoms with Gasteiger partial charge in [-0.1, -0.05) is 0 Å². The van der Waals surface area contributed by atoms with Crippen molar-refractivity contribution in [1.82, 2.24) is 5.32 Å². The number of amides is 2. The van der Waals surface area contributed by atoms with Crippen LogP contribution in [0.25, 0.3) is 0 Å². The molecule has 1 aliphatic heterocycles. The molecule has 0 spiro atoms. The number of ether oxygens (including phenoxy) is 1. The molecule has 0 saturated carbocycles. The first-order chi connectivity index (χ1) is 9.49. The number of morpholine rings is 1. The van der Waals surface area contributed by atoms with Crippen LogP contribution in [0.1, 0.15) is 22.8 Å². The number of hydrogen-bond acceptors (Lipinski definition) is 4. The Hall–Kier alpha value is -1.92. The molecule has 0 unspecified atom stereocenters. The zero-order valence-electron chi connectivity index (χ0n) is 11.6. The lowest BCUT2D eigenvalue weighted by atomic mass is 10.1. The molecule has 4 N–H and O–H groups in total. The van der Waals surface area contributed by atoms with Gasteiger partial charge in [0.05, 0.1) is 12.7 Å². The van der Waals surface area contributed by atoms with Crippen molar-refractivity contribution in [2.45, 2.75) is 26.0 Å². The van der Waals surface area contributed by atoms with Gasteiger partial charge in [0, 0.05) is 17.8 Å². The van der Waals surface area contributed by atoms with Crippen molar-refractivity contribution >= 4 is 17.5 Å². The second-order valence-corrected chi connectivity index (χ2v) is 4.89. The maximum Gasteiger partial charge on any atom is 0.248 e. The lowest BCUT2D eigenvalue weighted by Crippen LogP contribution is -2.53. The first-order valence-corrected chi connectivity index (χ1v) is 6.55. The minimum absolute atomic E-state index is 0.150. The van der Waals surface area contributed by atoms with Crippen LogP contribution in [0.15, 0.2) is 18.2 Å². The first-order valence-electron chi connectivity index (χ1n) is 6.55.